The molecule has 1 unspecified atom stereocenters. The van der Waals surface area contributed by atoms with Crippen LogP contribution in [-0.2, 0) is 0 Å². The van der Waals surface area contributed by atoms with Crippen molar-refractivity contribution >= 4 is 5.69 Å². The summed E-state index contributed by atoms with van der Waals surface area (Å²) in [7, 11) is 0. The molecule has 7 heteroatoms. The van der Waals surface area contributed by atoms with Crippen molar-refractivity contribution in [3.63, 3.8) is 0 Å². The van der Waals surface area contributed by atoms with Crippen molar-refractivity contribution in [1.82, 2.24) is 15.2 Å². The van der Waals surface area contributed by atoms with Crippen LogP contribution in [0.5, 0.6) is 17.6 Å². The molecular formula is C22H22N4O3. The first-order chi connectivity index (χ1) is 14.3. The Balaban J connectivity index is 1.68. The molecule has 0 spiro atoms. The molecule has 29 heavy (non-hydrogen) atoms. The maximum atomic E-state index is 6.21. The third-order valence-electron chi connectivity index (χ3n) is 4.32. The third-order valence-corrected chi connectivity index (χ3v) is 4.32. The Morgan fingerprint density at radius 1 is 1.10 bits per heavy atom. The Morgan fingerprint density at radius 2 is 1.93 bits per heavy atom. The molecule has 3 aromatic rings. The Labute approximate surface area is 169 Å². The van der Waals surface area contributed by atoms with Gasteiger partial charge in [0.1, 0.15) is 12.4 Å². The molecule has 0 amide bonds. The summed E-state index contributed by atoms with van der Waals surface area (Å²) in [5.41, 5.74) is 3.26. The number of hydrogen-bond donors (Lipinski definition) is 1. The van der Waals surface area contributed by atoms with Gasteiger partial charge in [-0.1, -0.05) is 42.9 Å². The molecule has 0 aliphatic carbocycles. The summed E-state index contributed by atoms with van der Waals surface area (Å²) in [4.78, 5) is 4.45. The van der Waals surface area contributed by atoms with E-state index in [1.807, 2.05) is 55.5 Å². The van der Waals surface area contributed by atoms with Crippen molar-refractivity contribution in [3.05, 3.63) is 66.7 Å². The van der Waals surface area contributed by atoms with Crippen LogP contribution < -0.4 is 19.5 Å². The lowest BCUT2D eigenvalue weighted by Gasteiger charge is -2.19. The van der Waals surface area contributed by atoms with Gasteiger partial charge in [0.2, 0.25) is 5.88 Å². The standard InChI is InChI=1S/C22H22N4O3/c1-3-13-27-16-11-9-15(10-12-16)20-23-18-8-6-5-7-17(18)19-21(29-20)24-22(26-25-19)28-14-4-2/h3,5-12,20,23H,1,4,13-14H2,2H3. The van der Waals surface area contributed by atoms with Gasteiger partial charge in [0.25, 0.3) is 0 Å². The van der Waals surface area contributed by atoms with E-state index in [-0.39, 0.29) is 6.01 Å². The lowest BCUT2D eigenvalue weighted by molar-refractivity contribution is 0.218. The number of para-hydroxylation sites is 1. The SMILES string of the molecule is C=CCOc1ccc(C2Nc3ccccc3-c3nnc(OCCC)nc3O2)cc1. The molecule has 0 radical (unpaired) electrons. The molecule has 148 valence electrons. The fraction of sp³-hybridized carbons (Fsp3) is 0.227. The normalized spacial score (nSPS) is 14.4. The number of hydrogen-bond acceptors (Lipinski definition) is 7. The average Bonchev–Trinajstić information content (AvgIpc) is 2.93. The Kier molecular flexibility index (Phi) is 5.56. The maximum Gasteiger partial charge on any atom is 0.339 e. The topological polar surface area (TPSA) is 78.4 Å². The molecule has 0 fully saturated rings. The van der Waals surface area contributed by atoms with Crippen LogP contribution in [0.2, 0.25) is 0 Å². The summed E-state index contributed by atoms with van der Waals surface area (Å²) < 4.78 is 17.3. The number of anilines is 1. The molecule has 4 rings (SSSR count). The summed E-state index contributed by atoms with van der Waals surface area (Å²) >= 11 is 0. The number of nitrogens with zero attached hydrogens (tertiary/aromatic N) is 3. The van der Waals surface area contributed by atoms with Gasteiger partial charge in [0.05, 0.1) is 6.61 Å². The van der Waals surface area contributed by atoms with Crippen molar-refractivity contribution in [2.24, 2.45) is 0 Å². The lowest BCUT2D eigenvalue weighted by atomic mass is 10.1. The highest BCUT2D eigenvalue weighted by Gasteiger charge is 2.26. The monoisotopic (exact) mass is 390 g/mol. The molecule has 1 aromatic heterocycles. The van der Waals surface area contributed by atoms with E-state index in [0.717, 1.165) is 29.0 Å². The predicted octanol–water partition coefficient (Wildman–Crippen LogP) is 4.40. The van der Waals surface area contributed by atoms with Crippen molar-refractivity contribution in [2.45, 2.75) is 19.6 Å². The van der Waals surface area contributed by atoms with Crippen LogP contribution in [0, 0.1) is 0 Å². The number of benzene rings is 2. The first kappa shape index (κ1) is 18.7. The van der Waals surface area contributed by atoms with Crippen LogP contribution in [0.1, 0.15) is 25.1 Å². The quantitative estimate of drug-likeness (QED) is 0.599. The number of nitrogens with one attached hydrogen (secondary N) is 1. The molecule has 7 nitrogen and oxygen atoms in total. The number of fused-ring (bicyclic) bond motifs is 3. The second kappa shape index (κ2) is 8.60. The van der Waals surface area contributed by atoms with Gasteiger partial charge >= 0.3 is 6.01 Å². The van der Waals surface area contributed by atoms with Crippen LogP contribution in [0.25, 0.3) is 11.3 Å². The summed E-state index contributed by atoms with van der Waals surface area (Å²) in [5, 5.41) is 11.8. The average molecular weight is 390 g/mol. The zero-order valence-corrected chi connectivity index (χ0v) is 16.2. The highest BCUT2D eigenvalue weighted by Crippen LogP contribution is 2.39. The third kappa shape index (κ3) is 4.13. The van der Waals surface area contributed by atoms with Crippen molar-refractivity contribution < 1.29 is 14.2 Å². The smallest absolute Gasteiger partial charge is 0.339 e. The van der Waals surface area contributed by atoms with Gasteiger partial charge < -0.3 is 19.5 Å². The van der Waals surface area contributed by atoms with E-state index in [4.69, 9.17) is 14.2 Å². The number of aromatic nitrogens is 3. The zero-order valence-electron chi connectivity index (χ0n) is 16.2. The van der Waals surface area contributed by atoms with Crippen molar-refractivity contribution in [3.8, 4) is 28.9 Å². The van der Waals surface area contributed by atoms with Gasteiger partial charge in [-0.3, -0.25) is 0 Å². The van der Waals surface area contributed by atoms with E-state index in [1.165, 1.54) is 0 Å². The van der Waals surface area contributed by atoms with Gasteiger partial charge in [-0.2, -0.15) is 4.98 Å². The van der Waals surface area contributed by atoms with E-state index in [9.17, 15) is 0 Å². The van der Waals surface area contributed by atoms with E-state index in [2.05, 4.69) is 27.1 Å². The molecule has 1 atom stereocenters. The zero-order chi connectivity index (χ0) is 20.1. The van der Waals surface area contributed by atoms with Gasteiger partial charge in [-0.25, -0.2) is 0 Å². The largest absolute Gasteiger partial charge is 0.490 e. The fourth-order valence-corrected chi connectivity index (χ4v) is 2.95. The molecule has 1 aliphatic rings. The summed E-state index contributed by atoms with van der Waals surface area (Å²) in [6.07, 6.45) is 2.11. The number of rotatable bonds is 7. The second-order valence-electron chi connectivity index (χ2n) is 6.45. The van der Waals surface area contributed by atoms with Crippen LogP contribution in [0.15, 0.2) is 61.2 Å². The minimum absolute atomic E-state index is 0.205. The first-order valence-corrected chi connectivity index (χ1v) is 9.52. The van der Waals surface area contributed by atoms with Gasteiger partial charge in [-0.05, 0) is 36.8 Å². The Morgan fingerprint density at radius 3 is 2.72 bits per heavy atom. The van der Waals surface area contributed by atoms with Gasteiger partial charge in [0.15, 0.2) is 11.9 Å². The lowest BCUT2D eigenvalue weighted by Crippen LogP contribution is -2.17. The molecule has 1 N–H and O–H groups in total. The molecule has 0 saturated carbocycles. The van der Waals surface area contributed by atoms with E-state index in [0.29, 0.717) is 24.8 Å². The van der Waals surface area contributed by atoms with Crippen molar-refractivity contribution in [2.75, 3.05) is 18.5 Å². The molecular weight excluding hydrogens is 368 g/mol. The van der Waals surface area contributed by atoms with Crippen molar-refractivity contribution in [1.29, 1.82) is 0 Å². The summed E-state index contributed by atoms with van der Waals surface area (Å²) in [6, 6.07) is 15.7. The van der Waals surface area contributed by atoms with E-state index < -0.39 is 6.23 Å². The van der Waals surface area contributed by atoms with Crippen LogP contribution >= 0.6 is 0 Å². The van der Waals surface area contributed by atoms with Crippen LogP contribution in [-0.4, -0.2) is 28.4 Å². The minimum atomic E-state index is -0.457. The summed E-state index contributed by atoms with van der Waals surface area (Å²) in [5.74, 6) is 1.14. The van der Waals surface area contributed by atoms with Gasteiger partial charge in [-0.15, -0.1) is 5.10 Å². The second-order valence-corrected chi connectivity index (χ2v) is 6.45. The maximum absolute atomic E-state index is 6.21. The van der Waals surface area contributed by atoms with E-state index >= 15 is 0 Å². The molecule has 2 heterocycles. The molecule has 0 bridgehead atoms. The fourth-order valence-electron chi connectivity index (χ4n) is 2.95. The molecule has 2 aromatic carbocycles. The first-order valence-electron chi connectivity index (χ1n) is 9.52. The molecule has 1 aliphatic heterocycles. The van der Waals surface area contributed by atoms with Gasteiger partial charge in [0, 0.05) is 16.8 Å². The minimum Gasteiger partial charge on any atom is -0.490 e. The van der Waals surface area contributed by atoms with Crippen LogP contribution in [0.4, 0.5) is 5.69 Å². The van der Waals surface area contributed by atoms with Crippen LogP contribution in [0.3, 0.4) is 0 Å². The predicted molar refractivity (Wildman–Crippen MR) is 110 cm³/mol. The number of ether oxygens (including phenoxy) is 3. The summed E-state index contributed by atoms with van der Waals surface area (Å²) in [6.45, 7) is 6.66. The highest BCUT2D eigenvalue weighted by atomic mass is 16.5. The molecule has 0 saturated heterocycles. The Hall–Kier alpha value is -3.61. The van der Waals surface area contributed by atoms with E-state index in [1.54, 1.807) is 6.08 Å². The highest BCUT2D eigenvalue weighted by molar-refractivity contribution is 5.79. The Bertz CT molecular complexity index is 992.